The molecule has 2 saturated carbocycles. The van der Waals surface area contributed by atoms with Crippen LogP contribution in [0.1, 0.15) is 90.9 Å². The maximum absolute atomic E-state index is 10.8. The van der Waals surface area contributed by atoms with Gasteiger partial charge in [-0.1, -0.05) is 39.5 Å². The molecule has 136 valence electrons. The van der Waals surface area contributed by atoms with Crippen molar-refractivity contribution in [2.45, 2.75) is 90.9 Å². The van der Waals surface area contributed by atoms with E-state index in [1.54, 1.807) is 0 Å². The topological polar surface area (TPSA) is 61.1 Å². The lowest BCUT2D eigenvalue weighted by molar-refractivity contribution is -0.137. The van der Waals surface area contributed by atoms with Crippen molar-refractivity contribution in [3.63, 3.8) is 0 Å². The monoisotopic (exact) mass is 333 g/mol. The average Bonchev–Trinajstić information content (AvgIpc) is 2.60. The molecule has 0 aliphatic heterocycles. The first-order valence-corrected chi connectivity index (χ1v) is 10.1. The molecule has 1 atom stereocenters. The fourth-order valence-corrected chi connectivity index (χ4v) is 5.31. The van der Waals surface area contributed by atoms with Gasteiger partial charge in [-0.2, -0.15) is 5.26 Å². The van der Waals surface area contributed by atoms with E-state index in [9.17, 15) is 10.1 Å². The largest absolute Gasteiger partial charge is 0.481 e. The number of hydrogen-bond donors (Lipinski definition) is 1. The van der Waals surface area contributed by atoms with Crippen molar-refractivity contribution < 1.29 is 9.90 Å². The Hall–Kier alpha value is -1.04. The van der Waals surface area contributed by atoms with Gasteiger partial charge < -0.3 is 5.11 Å². The first kappa shape index (κ1) is 19.3. The van der Waals surface area contributed by atoms with E-state index in [4.69, 9.17) is 5.11 Å². The van der Waals surface area contributed by atoms with Gasteiger partial charge in [-0.3, -0.25) is 4.79 Å². The zero-order chi connectivity index (χ0) is 17.6. The highest BCUT2D eigenvalue weighted by Crippen LogP contribution is 2.49. The minimum absolute atomic E-state index is 0.190. The summed E-state index contributed by atoms with van der Waals surface area (Å²) in [6, 6.07) is 2.60. The number of carbonyl (C=O) groups is 1. The van der Waals surface area contributed by atoms with E-state index < -0.39 is 5.97 Å². The molecule has 0 aromatic heterocycles. The lowest BCUT2D eigenvalue weighted by Gasteiger charge is -2.43. The average molecular weight is 334 g/mol. The van der Waals surface area contributed by atoms with Crippen LogP contribution in [0.25, 0.3) is 0 Å². The zero-order valence-corrected chi connectivity index (χ0v) is 15.6. The number of nitrogens with zero attached hydrogens (tertiary/aromatic N) is 1. The van der Waals surface area contributed by atoms with Crippen LogP contribution in [0.3, 0.4) is 0 Å². The van der Waals surface area contributed by atoms with Crippen LogP contribution in [0.5, 0.6) is 0 Å². The van der Waals surface area contributed by atoms with E-state index in [2.05, 4.69) is 19.9 Å². The molecule has 0 aromatic carbocycles. The Morgan fingerprint density at radius 2 is 1.75 bits per heavy atom. The molecule has 0 amide bonds. The Bertz CT molecular complexity index is 437. The maximum Gasteiger partial charge on any atom is 0.303 e. The molecular formula is C21H35NO2. The second kappa shape index (κ2) is 8.88. The van der Waals surface area contributed by atoms with Crippen LogP contribution in [0.2, 0.25) is 0 Å². The standard InChI is InChI=1S/C21H35NO2/c1-3-4-17-6-8-18(9-7-17)19-11-13-21(15-22,14-12-19)16(2)5-10-20(23)24/h16-19H,3-14H2,1-2H3,(H,23,24)/t16-,17?,18?,19-,21-/m0/s1. The van der Waals surface area contributed by atoms with Crippen LogP contribution in [0.15, 0.2) is 0 Å². The lowest BCUT2D eigenvalue weighted by Crippen LogP contribution is -2.35. The van der Waals surface area contributed by atoms with Gasteiger partial charge in [0.1, 0.15) is 0 Å². The molecule has 3 nitrogen and oxygen atoms in total. The Morgan fingerprint density at radius 3 is 2.25 bits per heavy atom. The number of aliphatic carboxylic acids is 1. The summed E-state index contributed by atoms with van der Waals surface area (Å²) >= 11 is 0. The van der Waals surface area contributed by atoms with Crippen molar-refractivity contribution >= 4 is 5.97 Å². The van der Waals surface area contributed by atoms with Crippen LogP contribution < -0.4 is 0 Å². The third kappa shape index (κ3) is 4.74. The Balaban J connectivity index is 1.83. The van der Waals surface area contributed by atoms with E-state index in [1.807, 2.05) is 0 Å². The molecule has 0 aromatic rings. The summed E-state index contributed by atoms with van der Waals surface area (Å²) in [5.74, 6) is 2.10. The highest BCUT2D eigenvalue weighted by Gasteiger charge is 2.42. The summed E-state index contributed by atoms with van der Waals surface area (Å²) in [5.41, 5.74) is -0.272. The van der Waals surface area contributed by atoms with Gasteiger partial charge in [-0.15, -0.1) is 0 Å². The summed E-state index contributed by atoms with van der Waals surface area (Å²) < 4.78 is 0. The van der Waals surface area contributed by atoms with Crippen molar-refractivity contribution in [1.29, 1.82) is 5.26 Å². The van der Waals surface area contributed by atoms with E-state index >= 15 is 0 Å². The summed E-state index contributed by atoms with van der Waals surface area (Å²) in [6.45, 7) is 4.38. The second-order valence-corrected chi connectivity index (χ2v) is 8.51. The molecule has 2 aliphatic rings. The van der Waals surface area contributed by atoms with Gasteiger partial charge in [0.2, 0.25) is 0 Å². The number of carboxylic acid groups (broad SMARTS) is 1. The Morgan fingerprint density at radius 1 is 1.17 bits per heavy atom. The third-order valence-corrected chi connectivity index (χ3v) is 7.13. The summed E-state index contributed by atoms with van der Waals surface area (Å²) in [7, 11) is 0. The lowest BCUT2D eigenvalue weighted by atomic mass is 9.60. The molecule has 0 unspecified atom stereocenters. The molecule has 1 N–H and O–H groups in total. The van der Waals surface area contributed by atoms with Crippen LogP contribution in [-0.4, -0.2) is 11.1 Å². The Labute approximate surface area is 147 Å². The van der Waals surface area contributed by atoms with Gasteiger partial charge >= 0.3 is 5.97 Å². The molecule has 24 heavy (non-hydrogen) atoms. The first-order valence-electron chi connectivity index (χ1n) is 10.1. The van der Waals surface area contributed by atoms with Crippen molar-refractivity contribution in [2.75, 3.05) is 0 Å². The molecule has 0 heterocycles. The second-order valence-electron chi connectivity index (χ2n) is 8.51. The van der Waals surface area contributed by atoms with Gasteiger partial charge in [0.05, 0.1) is 11.5 Å². The van der Waals surface area contributed by atoms with Gasteiger partial charge in [0.15, 0.2) is 0 Å². The minimum atomic E-state index is -0.743. The van der Waals surface area contributed by atoms with E-state index in [0.717, 1.165) is 30.6 Å². The van der Waals surface area contributed by atoms with Crippen molar-refractivity contribution in [2.24, 2.45) is 29.1 Å². The molecular weight excluding hydrogens is 298 g/mol. The van der Waals surface area contributed by atoms with Crippen LogP contribution in [-0.2, 0) is 4.79 Å². The first-order chi connectivity index (χ1) is 11.5. The Kier molecular flexibility index (Phi) is 7.14. The minimum Gasteiger partial charge on any atom is -0.481 e. The highest BCUT2D eigenvalue weighted by atomic mass is 16.4. The van der Waals surface area contributed by atoms with Gasteiger partial charge in [-0.05, 0) is 68.6 Å². The predicted octanol–water partition coefficient (Wildman–Crippen LogP) is 5.79. The number of carboxylic acids is 1. The van der Waals surface area contributed by atoms with Gasteiger partial charge in [0.25, 0.3) is 0 Å². The van der Waals surface area contributed by atoms with E-state index in [1.165, 1.54) is 51.4 Å². The smallest absolute Gasteiger partial charge is 0.303 e. The van der Waals surface area contributed by atoms with Crippen molar-refractivity contribution in [3.05, 3.63) is 0 Å². The zero-order valence-electron chi connectivity index (χ0n) is 15.6. The SMILES string of the molecule is CCCC1CCC([C@H]2CC[C@](C#N)([C@@H](C)CCC(=O)O)CC2)CC1. The van der Waals surface area contributed by atoms with Gasteiger partial charge in [-0.25, -0.2) is 0 Å². The van der Waals surface area contributed by atoms with Crippen LogP contribution >= 0.6 is 0 Å². The number of nitriles is 1. The molecule has 2 fully saturated rings. The van der Waals surface area contributed by atoms with Crippen molar-refractivity contribution in [3.8, 4) is 6.07 Å². The normalized spacial score (nSPS) is 35.1. The molecule has 0 bridgehead atoms. The quantitative estimate of drug-likeness (QED) is 0.641. The van der Waals surface area contributed by atoms with E-state index in [0.29, 0.717) is 6.42 Å². The van der Waals surface area contributed by atoms with Crippen LogP contribution in [0, 0.1) is 40.4 Å². The molecule has 0 saturated heterocycles. The fourth-order valence-electron chi connectivity index (χ4n) is 5.31. The number of hydrogen-bond acceptors (Lipinski definition) is 2. The number of rotatable bonds is 7. The summed E-state index contributed by atoms with van der Waals surface area (Å²) in [5, 5.41) is 18.7. The summed E-state index contributed by atoms with van der Waals surface area (Å²) in [4.78, 5) is 10.8. The maximum atomic E-state index is 10.8. The molecule has 0 radical (unpaired) electrons. The molecule has 2 rings (SSSR count). The fraction of sp³-hybridized carbons (Fsp3) is 0.905. The molecule has 0 spiro atoms. The van der Waals surface area contributed by atoms with Gasteiger partial charge in [0, 0.05) is 6.42 Å². The molecule has 3 heteroatoms. The van der Waals surface area contributed by atoms with Crippen molar-refractivity contribution in [1.82, 2.24) is 0 Å². The summed E-state index contributed by atoms with van der Waals surface area (Å²) in [6.07, 6.45) is 13.4. The molecule has 2 aliphatic carbocycles. The van der Waals surface area contributed by atoms with E-state index in [-0.39, 0.29) is 17.8 Å². The predicted molar refractivity (Wildman–Crippen MR) is 96.4 cm³/mol. The third-order valence-electron chi connectivity index (χ3n) is 7.13. The van der Waals surface area contributed by atoms with Crippen LogP contribution in [0.4, 0.5) is 0 Å². The highest BCUT2D eigenvalue weighted by molar-refractivity contribution is 5.66.